The van der Waals surface area contributed by atoms with Crippen LogP contribution in [0.2, 0.25) is 0 Å². The van der Waals surface area contributed by atoms with Crippen LogP contribution in [0.1, 0.15) is 19.8 Å². The van der Waals surface area contributed by atoms with E-state index in [0.29, 0.717) is 6.42 Å². The van der Waals surface area contributed by atoms with Crippen molar-refractivity contribution in [2.75, 3.05) is 7.05 Å². The number of rotatable bonds is 4. The van der Waals surface area contributed by atoms with Gasteiger partial charge in [-0.25, -0.2) is 5.43 Å². The summed E-state index contributed by atoms with van der Waals surface area (Å²) in [5.74, 6) is 0.0283. The molecule has 0 aliphatic rings. The minimum Gasteiger partial charge on any atom is -0.292 e. The molecule has 3 nitrogen and oxygen atoms in total. The number of amides is 1. The first-order valence-corrected chi connectivity index (χ1v) is 3.38. The van der Waals surface area contributed by atoms with Crippen LogP contribution in [0.4, 0.5) is 0 Å². The van der Waals surface area contributed by atoms with Crippen LogP contribution in [-0.2, 0) is 4.79 Å². The van der Waals surface area contributed by atoms with E-state index < -0.39 is 0 Å². The van der Waals surface area contributed by atoms with E-state index in [0.717, 1.165) is 6.42 Å². The van der Waals surface area contributed by atoms with Crippen LogP contribution in [0.3, 0.4) is 0 Å². The lowest BCUT2D eigenvalue weighted by atomic mass is 10.3. The predicted octanol–water partition coefficient (Wildman–Crippen LogP) is 0.593. The monoisotopic (exact) mass is 142 g/mol. The summed E-state index contributed by atoms with van der Waals surface area (Å²) < 4.78 is 0. The van der Waals surface area contributed by atoms with E-state index in [4.69, 9.17) is 0 Å². The molecule has 0 bridgehead atoms. The van der Waals surface area contributed by atoms with Crippen molar-refractivity contribution in [1.82, 2.24) is 10.9 Å². The maximum absolute atomic E-state index is 10.7. The Balaban J connectivity index is 3.21. The molecule has 0 atom stereocenters. The molecule has 0 heterocycles. The molecule has 0 saturated carbocycles. The Morgan fingerprint density at radius 3 is 2.80 bits per heavy atom. The average Bonchev–Trinajstić information content (AvgIpc) is 1.89. The van der Waals surface area contributed by atoms with E-state index in [-0.39, 0.29) is 5.91 Å². The van der Waals surface area contributed by atoms with Crippen molar-refractivity contribution in [2.45, 2.75) is 19.8 Å². The van der Waals surface area contributed by atoms with E-state index in [2.05, 4.69) is 10.9 Å². The molecule has 0 aliphatic heterocycles. The molecule has 0 radical (unpaired) electrons. The van der Waals surface area contributed by atoms with Crippen molar-refractivity contribution < 1.29 is 4.79 Å². The molecule has 0 fully saturated rings. The molecule has 0 aromatic carbocycles. The highest BCUT2D eigenvalue weighted by Crippen LogP contribution is 1.88. The Morgan fingerprint density at radius 1 is 1.60 bits per heavy atom. The van der Waals surface area contributed by atoms with Crippen LogP contribution in [0.25, 0.3) is 0 Å². The van der Waals surface area contributed by atoms with E-state index in [9.17, 15) is 4.79 Å². The molecule has 0 aromatic heterocycles. The van der Waals surface area contributed by atoms with Gasteiger partial charge in [0.15, 0.2) is 0 Å². The molecule has 10 heavy (non-hydrogen) atoms. The first-order valence-electron chi connectivity index (χ1n) is 3.38. The van der Waals surface area contributed by atoms with Crippen LogP contribution < -0.4 is 10.9 Å². The van der Waals surface area contributed by atoms with Crippen LogP contribution >= 0.6 is 0 Å². The third-order valence-corrected chi connectivity index (χ3v) is 1.04. The normalized spacial score (nSPS) is 10.2. The largest absolute Gasteiger partial charge is 0.292 e. The topological polar surface area (TPSA) is 41.1 Å². The van der Waals surface area contributed by atoms with Gasteiger partial charge in [-0.05, 0) is 13.3 Å². The number of allylic oxidation sites excluding steroid dienone is 2. The van der Waals surface area contributed by atoms with E-state index in [1.54, 1.807) is 7.05 Å². The molecule has 0 saturated heterocycles. The molecule has 1 amide bonds. The van der Waals surface area contributed by atoms with Gasteiger partial charge in [0.25, 0.3) is 0 Å². The van der Waals surface area contributed by atoms with Gasteiger partial charge in [-0.1, -0.05) is 12.2 Å². The van der Waals surface area contributed by atoms with Crippen molar-refractivity contribution >= 4 is 5.91 Å². The van der Waals surface area contributed by atoms with Crippen LogP contribution in [0, 0.1) is 0 Å². The lowest BCUT2D eigenvalue weighted by Gasteiger charge is -1.98. The van der Waals surface area contributed by atoms with E-state index in [1.807, 2.05) is 19.1 Å². The quantitative estimate of drug-likeness (QED) is 0.445. The molecule has 58 valence electrons. The molecule has 3 heteroatoms. The van der Waals surface area contributed by atoms with Crippen molar-refractivity contribution in [1.29, 1.82) is 0 Å². The van der Waals surface area contributed by atoms with Crippen molar-refractivity contribution in [3.8, 4) is 0 Å². The van der Waals surface area contributed by atoms with Gasteiger partial charge in [0.2, 0.25) is 5.91 Å². The average molecular weight is 142 g/mol. The van der Waals surface area contributed by atoms with E-state index in [1.165, 1.54) is 0 Å². The summed E-state index contributed by atoms with van der Waals surface area (Å²) in [5.41, 5.74) is 5.05. The van der Waals surface area contributed by atoms with Crippen LogP contribution in [0.15, 0.2) is 12.2 Å². The van der Waals surface area contributed by atoms with Gasteiger partial charge in [0, 0.05) is 13.5 Å². The Labute approximate surface area is 61.5 Å². The molecule has 0 unspecified atom stereocenters. The minimum absolute atomic E-state index is 0.0283. The van der Waals surface area contributed by atoms with Gasteiger partial charge in [-0.2, -0.15) is 0 Å². The van der Waals surface area contributed by atoms with Crippen LogP contribution in [0.5, 0.6) is 0 Å². The molecule has 0 aliphatic carbocycles. The first-order chi connectivity index (χ1) is 4.81. The highest BCUT2D eigenvalue weighted by Gasteiger charge is 1.94. The fraction of sp³-hybridized carbons (Fsp3) is 0.571. The summed E-state index contributed by atoms with van der Waals surface area (Å²) in [5, 5.41) is 0. The lowest BCUT2D eigenvalue weighted by molar-refractivity contribution is -0.121. The summed E-state index contributed by atoms with van der Waals surface area (Å²) in [7, 11) is 1.67. The second-order valence-corrected chi connectivity index (χ2v) is 1.91. The summed E-state index contributed by atoms with van der Waals surface area (Å²) in [6, 6.07) is 0. The predicted molar refractivity (Wildman–Crippen MR) is 41.3 cm³/mol. The molecule has 2 N–H and O–H groups in total. The first kappa shape index (κ1) is 9.17. The summed E-state index contributed by atoms with van der Waals surface area (Å²) in [4.78, 5) is 10.7. The Hall–Kier alpha value is -0.830. The number of nitrogens with one attached hydrogen (secondary N) is 2. The molecular weight excluding hydrogens is 128 g/mol. The summed E-state index contributed by atoms with van der Waals surface area (Å²) in [6.45, 7) is 1.94. The highest BCUT2D eigenvalue weighted by molar-refractivity contribution is 5.75. The minimum atomic E-state index is 0.0283. The third-order valence-electron chi connectivity index (χ3n) is 1.04. The number of hydrogen-bond acceptors (Lipinski definition) is 2. The van der Waals surface area contributed by atoms with Gasteiger partial charge < -0.3 is 0 Å². The number of hydrogen-bond donors (Lipinski definition) is 2. The fourth-order valence-electron chi connectivity index (χ4n) is 0.583. The maximum atomic E-state index is 10.7. The molecule has 0 aromatic rings. The lowest BCUT2D eigenvalue weighted by Crippen LogP contribution is -2.33. The number of hydrazine groups is 1. The zero-order valence-corrected chi connectivity index (χ0v) is 6.48. The smallest absolute Gasteiger partial charge is 0.234 e. The SMILES string of the molecule is C/C=C/CCC(=O)NNC. The van der Waals surface area contributed by atoms with Crippen molar-refractivity contribution in [3.63, 3.8) is 0 Å². The fourth-order valence-corrected chi connectivity index (χ4v) is 0.583. The van der Waals surface area contributed by atoms with Gasteiger partial charge in [-0.15, -0.1) is 0 Å². The number of carbonyl (C=O) groups excluding carboxylic acids is 1. The molecule has 0 rings (SSSR count). The molecule has 0 spiro atoms. The van der Waals surface area contributed by atoms with E-state index >= 15 is 0 Å². The zero-order chi connectivity index (χ0) is 7.82. The zero-order valence-electron chi connectivity index (χ0n) is 6.48. The molecular formula is C7H14N2O. The Morgan fingerprint density at radius 2 is 2.30 bits per heavy atom. The summed E-state index contributed by atoms with van der Waals surface area (Å²) >= 11 is 0. The van der Waals surface area contributed by atoms with Crippen molar-refractivity contribution in [3.05, 3.63) is 12.2 Å². The van der Waals surface area contributed by atoms with Gasteiger partial charge >= 0.3 is 0 Å². The van der Waals surface area contributed by atoms with Gasteiger partial charge in [0.05, 0.1) is 0 Å². The van der Waals surface area contributed by atoms with Gasteiger partial charge in [-0.3, -0.25) is 10.2 Å². The highest BCUT2D eigenvalue weighted by atomic mass is 16.2. The Bertz CT molecular complexity index is 121. The van der Waals surface area contributed by atoms with Crippen LogP contribution in [-0.4, -0.2) is 13.0 Å². The Kier molecular flexibility index (Phi) is 5.77. The third kappa shape index (κ3) is 5.31. The second kappa shape index (κ2) is 6.29. The number of carbonyl (C=O) groups is 1. The van der Waals surface area contributed by atoms with Gasteiger partial charge in [0.1, 0.15) is 0 Å². The second-order valence-electron chi connectivity index (χ2n) is 1.91. The maximum Gasteiger partial charge on any atom is 0.234 e. The summed E-state index contributed by atoms with van der Waals surface area (Å²) in [6.07, 6.45) is 5.26. The van der Waals surface area contributed by atoms with Crippen molar-refractivity contribution in [2.24, 2.45) is 0 Å². The standard InChI is InChI=1S/C7H14N2O/c1-3-4-5-6-7(10)9-8-2/h3-4,8H,5-6H2,1-2H3,(H,9,10)/b4-3+.